The Morgan fingerprint density at radius 3 is 2.48 bits per heavy atom. The standard InChI is InChI=1S/C20H19N5/c1-20(2,3)24-18-17(14-10-8-13(12-21)9-11-14)23-19-22-15-6-4-5-7-16(15)25(18)19/h4-11,24H,1-3H3,(H,22,23). The van der Waals surface area contributed by atoms with E-state index in [1.165, 1.54) is 0 Å². The molecule has 0 aliphatic heterocycles. The Balaban J connectivity index is 1.99. The molecule has 2 aromatic carbocycles. The van der Waals surface area contributed by atoms with Crippen LogP contribution in [0.25, 0.3) is 28.1 Å². The molecule has 0 aliphatic carbocycles. The second-order valence-electron chi connectivity index (χ2n) is 7.17. The van der Waals surface area contributed by atoms with Crippen molar-refractivity contribution in [3.05, 3.63) is 54.1 Å². The first-order valence-electron chi connectivity index (χ1n) is 8.24. The van der Waals surface area contributed by atoms with Crippen LogP contribution >= 0.6 is 0 Å². The number of benzene rings is 2. The third-order valence-corrected chi connectivity index (χ3v) is 4.05. The van der Waals surface area contributed by atoms with Crippen molar-refractivity contribution >= 4 is 22.6 Å². The Hall–Kier alpha value is -3.26. The monoisotopic (exact) mass is 329 g/mol. The second-order valence-corrected chi connectivity index (χ2v) is 7.17. The van der Waals surface area contributed by atoms with Gasteiger partial charge in [0.05, 0.1) is 22.7 Å². The second kappa shape index (κ2) is 5.38. The first kappa shape index (κ1) is 15.3. The Bertz CT molecular complexity index is 1100. The summed E-state index contributed by atoms with van der Waals surface area (Å²) in [6.45, 7) is 6.39. The first-order chi connectivity index (χ1) is 12.0. The van der Waals surface area contributed by atoms with Gasteiger partial charge in [-0.3, -0.25) is 4.40 Å². The minimum absolute atomic E-state index is 0.115. The number of hydrogen-bond acceptors (Lipinski definition) is 3. The van der Waals surface area contributed by atoms with E-state index in [-0.39, 0.29) is 5.54 Å². The van der Waals surface area contributed by atoms with Crippen molar-refractivity contribution < 1.29 is 0 Å². The Morgan fingerprint density at radius 2 is 1.80 bits per heavy atom. The number of rotatable bonds is 2. The Kier molecular flexibility index (Phi) is 3.29. The zero-order chi connectivity index (χ0) is 17.6. The van der Waals surface area contributed by atoms with E-state index >= 15 is 0 Å². The maximum Gasteiger partial charge on any atom is 0.214 e. The van der Waals surface area contributed by atoms with Crippen molar-refractivity contribution in [2.24, 2.45) is 0 Å². The number of nitrogens with one attached hydrogen (secondary N) is 2. The van der Waals surface area contributed by atoms with Crippen molar-refractivity contribution in [2.75, 3.05) is 5.32 Å². The van der Waals surface area contributed by atoms with E-state index < -0.39 is 0 Å². The first-order valence-corrected chi connectivity index (χ1v) is 8.24. The molecule has 0 saturated heterocycles. The minimum atomic E-state index is -0.115. The van der Waals surface area contributed by atoms with Crippen LogP contribution in [0.15, 0.2) is 48.5 Å². The molecule has 4 aromatic rings. The van der Waals surface area contributed by atoms with E-state index in [2.05, 4.69) is 47.6 Å². The smallest absolute Gasteiger partial charge is 0.214 e. The van der Waals surface area contributed by atoms with Gasteiger partial charge in [-0.05, 0) is 45.0 Å². The summed E-state index contributed by atoms with van der Waals surface area (Å²) >= 11 is 0. The van der Waals surface area contributed by atoms with Crippen LogP contribution in [0.5, 0.6) is 0 Å². The van der Waals surface area contributed by atoms with Gasteiger partial charge in [0.2, 0.25) is 5.78 Å². The molecule has 0 spiro atoms. The van der Waals surface area contributed by atoms with Crippen molar-refractivity contribution in [1.82, 2.24) is 14.4 Å². The fourth-order valence-electron chi connectivity index (χ4n) is 3.01. The van der Waals surface area contributed by atoms with Gasteiger partial charge in [-0.25, -0.2) is 4.98 Å². The predicted octanol–water partition coefficient (Wildman–Crippen LogP) is 4.56. The molecule has 2 aromatic heterocycles. The van der Waals surface area contributed by atoms with Crippen LogP contribution in [0.2, 0.25) is 0 Å². The zero-order valence-electron chi connectivity index (χ0n) is 14.5. The van der Waals surface area contributed by atoms with Crippen LogP contribution in [-0.2, 0) is 0 Å². The van der Waals surface area contributed by atoms with Crippen LogP contribution in [0, 0.1) is 11.3 Å². The maximum absolute atomic E-state index is 9.02. The largest absolute Gasteiger partial charge is 0.365 e. The molecular weight excluding hydrogens is 310 g/mol. The molecule has 0 saturated carbocycles. The van der Waals surface area contributed by atoms with Gasteiger partial charge in [0.15, 0.2) is 0 Å². The molecule has 124 valence electrons. The van der Waals surface area contributed by atoms with E-state index in [1.807, 2.05) is 42.5 Å². The maximum atomic E-state index is 9.02. The lowest BCUT2D eigenvalue weighted by Crippen LogP contribution is -2.27. The van der Waals surface area contributed by atoms with E-state index in [0.717, 1.165) is 33.9 Å². The summed E-state index contributed by atoms with van der Waals surface area (Å²) in [6, 6.07) is 17.8. The topological polar surface area (TPSA) is 68.9 Å². The van der Waals surface area contributed by atoms with E-state index in [0.29, 0.717) is 5.56 Å². The number of nitriles is 1. The molecule has 0 fully saturated rings. The molecule has 0 amide bonds. The van der Waals surface area contributed by atoms with Gasteiger partial charge in [-0.15, -0.1) is 0 Å². The number of nitrogens with zero attached hydrogens (tertiary/aromatic N) is 3. The molecule has 4 rings (SSSR count). The summed E-state index contributed by atoms with van der Waals surface area (Å²) in [5, 5.41) is 12.6. The number of aromatic amines is 1. The van der Waals surface area contributed by atoms with Gasteiger partial charge in [0, 0.05) is 11.1 Å². The van der Waals surface area contributed by atoms with Gasteiger partial charge < -0.3 is 10.3 Å². The lowest BCUT2D eigenvalue weighted by Gasteiger charge is -2.22. The molecule has 5 heteroatoms. The normalized spacial score (nSPS) is 11.8. The highest BCUT2D eigenvalue weighted by Gasteiger charge is 2.21. The van der Waals surface area contributed by atoms with E-state index in [4.69, 9.17) is 10.2 Å². The molecular formula is C20H19N5. The van der Waals surface area contributed by atoms with Crippen molar-refractivity contribution in [1.29, 1.82) is 5.26 Å². The summed E-state index contributed by atoms with van der Waals surface area (Å²) in [6.07, 6.45) is 0. The predicted molar refractivity (Wildman–Crippen MR) is 101 cm³/mol. The SMILES string of the molecule is CC(C)(C)Nc1c(-c2ccc(C#N)cc2)nc2[nH]c3ccccc3n12. The molecule has 0 atom stereocenters. The summed E-state index contributed by atoms with van der Waals surface area (Å²) in [5.41, 5.74) is 4.51. The van der Waals surface area contributed by atoms with Crippen LogP contribution in [0.3, 0.4) is 0 Å². The number of aromatic nitrogens is 3. The highest BCUT2D eigenvalue weighted by Crippen LogP contribution is 2.33. The number of fused-ring (bicyclic) bond motifs is 3. The van der Waals surface area contributed by atoms with Crippen LogP contribution in [0.1, 0.15) is 26.3 Å². The average Bonchev–Trinajstić information content (AvgIpc) is 3.10. The minimum Gasteiger partial charge on any atom is -0.365 e. The quantitative estimate of drug-likeness (QED) is 0.566. The summed E-state index contributed by atoms with van der Waals surface area (Å²) in [7, 11) is 0. The fourth-order valence-corrected chi connectivity index (χ4v) is 3.01. The summed E-state index contributed by atoms with van der Waals surface area (Å²) < 4.78 is 2.12. The van der Waals surface area contributed by atoms with Gasteiger partial charge >= 0.3 is 0 Å². The number of H-pyrrole nitrogens is 1. The molecule has 25 heavy (non-hydrogen) atoms. The number of hydrogen-bond donors (Lipinski definition) is 2. The highest BCUT2D eigenvalue weighted by atomic mass is 15.2. The van der Waals surface area contributed by atoms with Crippen LogP contribution < -0.4 is 5.32 Å². The lowest BCUT2D eigenvalue weighted by atomic mass is 10.1. The van der Waals surface area contributed by atoms with E-state index in [1.54, 1.807) is 0 Å². The molecule has 5 nitrogen and oxygen atoms in total. The number of para-hydroxylation sites is 2. The van der Waals surface area contributed by atoms with Gasteiger partial charge in [-0.2, -0.15) is 5.26 Å². The van der Waals surface area contributed by atoms with Gasteiger partial charge in [-0.1, -0.05) is 24.3 Å². The van der Waals surface area contributed by atoms with Gasteiger partial charge in [0.1, 0.15) is 11.5 Å². The zero-order valence-corrected chi connectivity index (χ0v) is 14.5. The van der Waals surface area contributed by atoms with Crippen molar-refractivity contribution in [2.45, 2.75) is 26.3 Å². The molecule has 2 N–H and O–H groups in total. The van der Waals surface area contributed by atoms with Crippen LogP contribution in [-0.4, -0.2) is 19.9 Å². The molecule has 0 radical (unpaired) electrons. The fraction of sp³-hybridized carbons (Fsp3) is 0.200. The van der Waals surface area contributed by atoms with Crippen molar-refractivity contribution in [3.63, 3.8) is 0 Å². The molecule has 0 aliphatic rings. The number of anilines is 1. The Labute approximate surface area is 145 Å². The third kappa shape index (κ3) is 2.62. The van der Waals surface area contributed by atoms with Crippen molar-refractivity contribution in [3.8, 4) is 17.3 Å². The molecule has 2 heterocycles. The average molecular weight is 329 g/mol. The third-order valence-electron chi connectivity index (χ3n) is 4.05. The van der Waals surface area contributed by atoms with Gasteiger partial charge in [0.25, 0.3) is 0 Å². The number of imidazole rings is 2. The van der Waals surface area contributed by atoms with Crippen LogP contribution in [0.4, 0.5) is 5.82 Å². The summed E-state index contributed by atoms with van der Waals surface area (Å²) in [5.74, 6) is 1.75. The highest BCUT2D eigenvalue weighted by molar-refractivity contribution is 5.87. The molecule has 0 bridgehead atoms. The Morgan fingerprint density at radius 1 is 1.08 bits per heavy atom. The lowest BCUT2D eigenvalue weighted by molar-refractivity contribution is 0.630. The van der Waals surface area contributed by atoms with E-state index in [9.17, 15) is 0 Å². The summed E-state index contributed by atoms with van der Waals surface area (Å²) in [4.78, 5) is 8.20. The molecule has 0 unspecified atom stereocenters.